The molecule has 0 aliphatic rings. The highest BCUT2D eigenvalue weighted by atomic mass is 16.6. The molecule has 0 atom stereocenters. The Hall–Kier alpha value is -2.24. The summed E-state index contributed by atoms with van der Waals surface area (Å²) < 4.78 is 10.7. The maximum Gasteiger partial charge on any atom is 0.418 e. The summed E-state index contributed by atoms with van der Waals surface area (Å²) in [4.78, 5) is 17.3. The fraction of sp³-hybridized carbons (Fsp3) is 0.385. The van der Waals surface area contributed by atoms with Crippen molar-refractivity contribution in [2.24, 2.45) is 0 Å². The van der Waals surface area contributed by atoms with Gasteiger partial charge in [0, 0.05) is 12.7 Å². The molecule has 2 aromatic rings. The predicted octanol–water partition coefficient (Wildman–Crippen LogP) is 2.78. The minimum atomic E-state index is -0.568. The van der Waals surface area contributed by atoms with Crippen molar-refractivity contribution in [2.45, 2.75) is 26.4 Å². The number of aromatic nitrogens is 1. The number of amides is 1. The number of hydrogen-bond donors (Lipinski definition) is 1. The maximum absolute atomic E-state index is 11.9. The molecule has 1 heterocycles. The van der Waals surface area contributed by atoms with Gasteiger partial charge in [-0.15, -0.1) is 0 Å². The molecule has 6 heteroatoms. The molecule has 1 amide bonds. The van der Waals surface area contributed by atoms with Crippen molar-refractivity contribution >= 4 is 28.9 Å². The van der Waals surface area contributed by atoms with Gasteiger partial charge in [-0.05, 0) is 39.0 Å². The number of nitrogens with zero attached hydrogens (tertiary/aromatic N) is 2. The second-order valence-corrected chi connectivity index (χ2v) is 5.26. The number of ether oxygens (including phenoxy) is 1. The standard InChI is InChI=1S/C13H17N3O3/c1-13(2,3)19-12(17)16(4)11-15-9-7-8(14)5-6-10(9)18-11/h5-7H,14H2,1-4H3. The monoisotopic (exact) mass is 263 g/mol. The van der Waals surface area contributed by atoms with Gasteiger partial charge in [0.05, 0.1) is 0 Å². The molecule has 0 radical (unpaired) electrons. The second kappa shape index (κ2) is 4.46. The Labute approximate surface area is 111 Å². The molecule has 0 aliphatic heterocycles. The summed E-state index contributed by atoms with van der Waals surface area (Å²) in [6.07, 6.45) is -0.521. The number of rotatable bonds is 1. The van der Waals surface area contributed by atoms with Crippen LogP contribution in [0, 0.1) is 0 Å². The topological polar surface area (TPSA) is 81.6 Å². The van der Waals surface area contributed by atoms with Crippen LogP contribution >= 0.6 is 0 Å². The van der Waals surface area contributed by atoms with Gasteiger partial charge in [-0.2, -0.15) is 4.98 Å². The van der Waals surface area contributed by atoms with Crippen molar-refractivity contribution in [2.75, 3.05) is 17.7 Å². The molecule has 0 aliphatic carbocycles. The molecule has 1 aromatic carbocycles. The number of anilines is 2. The third-order valence-corrected chi connectivity index (χ3v) is 2.35. The second-order valence-electron chi connectivity index (χ2n) is 5.26. The molecule has 2 rings (SSSR count). The number of nitrogen functional groups attached to an aromatic ring is 1. The lowest BCUT2D eigenvalue weighted by Crippen LogP contribution is -2.34. The summed E-state index contributed by atoms with van der Waals surface area (Å²) >= 11 is 0. The van der Waals surface area contributed by atoms with E-state index in [0.29, 0.717) is 16.8 Å². The first-order valence-electron chi connectivity index (χ1n) is 5.89. The molecular weight excluding hydrogens is 246 g/mol. The summed E-state index contributed by atoms with van der Waals surface area (Å²) in [6, 6.07) is 5.29. The van der Waals surface area contributed by atoms with E-state index in [1.54, 1.807) is 46.0 Å². The number of carbonyl (C=O) groups is 1. The van der Waals surface area contributed by atoms with Crippen molar-refractivity contribution in [1.82, 2.24) is 4.98 Å². The van der Waals surface area contributed by atoms with E-state index in [1.807, 2.05) is 0 Å². The molecule has 1 aromatic heterocycles. The van der Waals surface area contributed by atoms with Crippen LogP contribution in [0.1, 0.15) is 20.8 Å². The maximum atomic E-state index is 11.9. The normalized spacial score (nSPS) is 11.6. The third-order valence-electron chi connectivity index (χ3n) is 2.35. The van der Waals surface area contributed by atoms with Crippen molar-refractivity contribution < 1.29 is 13.9 Å². The highest BCUT2D eigenvalue weighted by Gasteiger charge is 2.23. The number of fused-ring (bicyclic) bond motifs is 1. The van der Waals surface area contributed by atoms with Gasteiger partial charge in [0.2, 0.25) is 0 Å². The first kappa shape index (κ1) is 13.2. The number of hydrogen-bond acceptors (Lipinski definition) is 5. The van der Waals surface area contributed by atoms with Crippen LogP contribution in [0.4, 0.5) is 16.5 Å². The van der Waals surface area contributed by atoms with Crippen LogP contribution in [0.15, 0.2) is 22.6 Å². The van der Waals surface area contributed by atoms with Gasteiger partial charge >= 0.3 is 12.1 Å². The SMILES string of the molecule is CN(C(=O)OC(C)(C)C)c1nc2cc(N)ccc2o1. The van der Waals surface area contributed by atoms with Gasteiger partial charge in [0.1, 0.15) is 11.1 Å². The van der Waals surface area contributed by atoms with Crippen molar-refractivity contribution in [3.63, 3.8) is 0 Å². The Bertz CT molecular complexity index is 613. The summed E-state index contributed by atoms with van der Waals surface area (Å²) in [5.41, 5.74) is 6.86. The predicted molar refractivity (Wildman–Crippen MR) is 73.1 cm³/mol. The quantitative estimate of drug-likeness (QED) is 0.800. The van der Waals surface area contributed by atoms with E-state index in [9.17, 15) is 4.79 Å². The Morgan fingerprint density at radius 2 is 2.11 bits per heavy atom. The Kier molecular flexibility index (Phi) is 3.09. The summed E-state index contributed by atoms with van der Waals surface area (Å²) in [6.45, 7) is 5.39. The van der Waals surface area contributed by atoms with Crippen molar-refractivity contribution in [1.29, 1.82) is 0 Å². The van der Waals surface area contributed by atoms with Crippen LogP contribution in [0.5, 0.6) is 0 Å². The van der Waals surface area contributed by atoms with Crippen LogP contribution in [0.3, 0.4) is 0 Å². The lowest BCUT2D eigenvalue weighted by Gasteiger charge is -2.22. The van der Waals surface area contributed by atoms with Gasteiger partial charge in [0.25, 0.3) is 0 Å². The Morgan fingerprint density at radius 3 is 2.74 bits per heavy atom. The molecule has 0 saturated carbocycles. The first-order valence-corrected chi connectivity index (χ1v) is 5.89. The number of nitrogens with two attached hydrogens (primary N) is 1. The molecule has 19 heavy (non-hydrogen) atoms. The average molecular weight is 263 g/mol. The minimum Gasteiger partial charge on any atom is -0.443 e. The van der Waals surface area contributed by atoms with Gasteiger partial charge in [-0.25, -0.2) is 9.69 Å². The van der Waals surface area contributed by atoms with Crippen LogP contribution in [-0.4, -0.2) is 23.7 Å². The summed E-state index contributed by atoms with van der Waals surface area (Å²) in [5.74, 6) is 0. The number of benzene rings is 1. The molecule has 0 fully saturated rings. The zero-order valence-corrected chi connectivity index (χ0v) is 11.4. The number of carbonyl (C=O) groups excluding carboxylic acids is 1. The zero-order chi connectivity index (χ0) is 14.2. The highest BCUT2D eigenvalue weighted by Crippen LogP contribution is 2.24. The first-order chi connectivity index (χ1) is 8.76. The lowest BCUT2D eigenvalue weighted by atomic mass is 10.2. The largest absolute Gasteiger partial charge is 0.443 e. The van der Waals surface area contributed by atoms with Crippen molar-refractivity contribution in [3.05, 3.63) is 18.2 Å². The van der Waals surface area contributed by atoms with E-state index >= 15 is 0 Å². The molecule has 0 saturated heterocycles. The van der Waals surface area contributed by atoms with Crippen LogP contribution in [-0.2, 0) is 4.74 Å². The van der Waals surface area contributed by atoms with E-state index in [0.717, 1.165) is 0 Å². The van der Waals surface area contributed by atoms with Gasteiger partial charge in [0.15, 0.2) is 5.58 Å². The van der Waals surface area contributed by atoms with Gasteiger partial charge in [-0.3, -0.25) is 0 Å². The summed E-state index contributed by atoms with van der Waals surface area (Å²) in [5, 5.41) is 0. The van der Waals surface area contributed by atoms with Crippen LogP contribution in [0.2, 0.25) is 0 Å². The fourth-order valence-electron chi connectivity index (χ4n) is 1.48. The fourth-order valence-corrected chi connectivity index (χ4v) is 1.48. The smallest absolute Gasteiger partial charge is 0.418 e. The summed E-state index contributed by atoms with van der Waals surface area (Å²) in [7, 11) is 1.54. The molecule has 0 spiro atoms. The Morgan fingerprint density at radius 1 is 1.42 bits per heavy atom. The van der Waals surface area contributed by atoms with Crippen LogP contribution in [0.25, 0.3) is 11.1 Å². The van der Waals surface area contributed by atoms with Crippen molar-refractivity contribution in [3.8, 4) is 0 Å². The van der Waals surface area contributed by atoms with E-state index in [2.05, 4.69) is 4.98 Å². The van der Waals surface area contributed by atoms with Crippen LogP contribution < -0.4 is 10.6 Å². The minimum absolute atomic E-state index is 0.176. The van der Waals surface area contributed by atoms with E-state index in [1.165, 1.54) is 4.90 Å². The van der Waals surface area contributed by atoms with E-state index < -0.39 is 11.7 Å². The molecule has 0 bridgehead atoms. The molecule has 0 unspecified atom stereocenters. The average Bonchev–Trinajstić information content (AvgIpc) is 2.68. The van der Waals surface area contributed by atoms with Gasteiger partial charge in [-0.1, -0.05) is 0 Å². The zero-order valence-electron chi connectivity index (χ0n) is 11.4. The third kappa shape index (κ3) is 2.96. The highest BCUT2D eigenvalue weighted by molar-refractivity contribution is 5.87. The lowest BCUT2D eigenvalue weighted by molar-refractivity contribution is 0.0583. The molecule has 2 N–H and O–H groups in total. The van der Waals surface area contributed by atoms with E-state index in [-0.39, 0.29) is 6.01 Å². The Balaban J connectivity index is 2.26. The number of oxazole rings is 1. The molecule has 102 valence electrons. The van der Waals surface area contributed by atoms with Gasteiger partial charge < -0.3 is 14.9 Å². The molecule has 6 nitrogen and oxygen atoms in total. The molecular formula is C13H17N3O3. The van der Waals surface area contributed by atoms with E-state index in [4.69, 9.17) is 14.9 Å².